The van der Waals surface area contributed by atoms with Crippen LogP contribution in [0.2, 0.25) is 0 Å². The van der Waals surface area contributed by atoms with Crippen LogP contribution in [0.5, 0.6) is 0 Å². The van der Waals surface area contributed by atoms with Crippen LogP contribution in [0.1, 0.15) is 25.6 Å². The van der Waals surface area contributed by atoms with E-state index >= 15 is 0 Å². The summed E-state index contributed by atoms with van der Waals surface area (Å²) in [5, 5.41) is 6.30. The third-order valence-electron chi connectivity index (χ3n) is 2.57. The lowest BCUT2D eigenvalue weighted by molar-refractivity contribution is 0.587. The van der Waals surface area contributed by atoms with Gasteiger partial charge in [0.25, 0.3) is 0 Å². The van der Waals surface area contributed by atoms with Crippen LogP contribution in [0.15, 0.2) is 29.6 Å². The van der Waals surface area contributed by atoms with Crippen molar-refractivity contribution in [2.24, 2.45) is 0 Å². The molecule has 1 N–H and O–H groups in total. The Hall–Kier alpha value is -1.26. The van der Waals surface area contributed by atoms with Gasteiger partial charge in [-0.15, -0.1) is 11.3 Å². The predicted molar refractivity (Wildman–Crippen MR) is 69.6 cm³/mol. The summed E-state index contributed by atoms with van der Waals surface area (Å²) in [4.78, 5) is 4.56. The minimum absolute atomic E-state index is 0.216. The molecule has 2 nitrogen and oxygen atoms in total. The zero-order valence-corrected chi connectivity index (χ0v) is 10.7. The first kappa shape index (κ1) is 12.2. The molecule has 1 heterocycles. The largest absolute Gasteiger partial charge is 0.309 e. The maximum atomic E-state index is 12.8. The van der Waals surface area contributed by atoms with E-state index in [-0.39, 0.29) is 11.9 Å². The summed E-state index contributed by atoms with van der Waals surface area (Å²) in [5.41, 5.74) is 2.00. The van der Waals surface area contributed by atoms with Crippen LogP contribution >= 0.6 is 11.3 Å². The lowest BCUT2D eigenvalue weighted by Gasteiger charge is -2.08. The summed E-state index contributed by atoms with van der Waals surface area (Å²) in [6.45, 7) is 5.08. The Morgan fingerprint density at radius 3 is 2.71 bits per heavy atom. The SMILES string of the molecule is CCNC(C)c1csc(-c2ccc(F)cc2)n1. The topological polar surface area (TPSA) is 24.9 Å². The summed E-state index contributed by atoms with van der Waals surface area (Å²) >= 11 is 1.59. The van der Waals surface area contributed by atoms with E-state index in [1.807, 2.05) is 5.38 Å². The van der Waals surface area contributed by atoms with Gasteiger partial charge in [-0.2, -0.15) is 0 Å². The molecule has 4 heteroatoms. The van der Waals surface area contributed by atoms with Gasteiger partial charge in [0.1, 0.15) is 10.8 Å². The van der Waals surface area contributed by atoms with E-state index in [1.165, 1.54) is 12.1 Å². The van der Waals surface area contributed by atoms with Crippen LogP contribution in [0.3, 0.4) is 0 Å². The van der Waals surface area contributed by atoms with Crippen molar-refractivity contribution in [2.45, 2.75) is 19.9 Å². The van der Waals surface area contributed by atoms with Gasteiger partial charge in [-0.3, -0.25) is 0 Å². The highest BCUT2D eigenvalue weighted by Crippen LogP contribution is 2.26. The molecule has 0 aliphatic rings. The van der Waals surface area contributed by atoms with Crippen molar-refractivity contribution in [3.05, 3.63) is 41.2 Å². The second-order valence-corrected chi connectivity index (χ2v) is 4.72. The molecule has 17 heavy (non-hydrogen) atoms. The molecule has 1 unspecified atom stereocenters. The molecule has 0 aliphatic carbocycles. The van der Waals surface area contributed by atoms with Gasteiger partial charge in [0, 0.05) is 17.0 Å². The normalized spacial score (nSPS) is 12.6. The van der Waals surface area contributed by atoms with E-state index in [1.54, 1.807) is 23.5 Å². The van der Waals surface area contributed by atoms with Crippen LogP contribution < -0.4 is 5.32 Å². The molecule has 0 saturated carbocycles. The van der Waals surface area contributed by atoms with Gasteiger partial charge in [-0.25, -0.2) is 9.37 Å². The third kappa shape index (κ3) is 2.90. The van der Waals surface area contributed by atoms with E-state index in [0.717, 1.165) is 22.8 Å². The molecule has 0 saturated heterocycles. The Kier molecular flexibility index (Phi) is 3.86. The molecule has 0 amide bonds. The van der Waals surface area contributed by atoms with Crippen LogP contribution in [0.4, 0.5) is 4.39 Å². The fraction of sp³-hybridized carbons (Fsp3) is 0.308. The highest BCUT2D eigenvalue weighted by atomic mass is 32.1. The number of hydrogen-bond acceptors (Lipinski definition) is 3. The highest BCUT2D eigenvalue weighted by Gasteiger charge is 2.09. The number of nitrogens with one attached hydrogen (secondary N) is 1. The number of nitrogens with zero attached hydrogens (tertiary/aromatic N) is 1. The number of benzene rings is 1. The number of thiazole rings is 1. The Morgan fingerprint density at radius 2 is 2.06 bits per heavy atom. The first-order valence-electron chi connectivity index (χ1n) is 5.65. The molecule has 1 aromatic heterocycles. The van der Waals surface area contributed by atoms with Gasteiger partial charge in [0.2, 0.25) is 0 Å². The second-order valence-electron chi connectivity index (χ2n) is 3.86. The van der Waals surface area contributed by atoms with Crippen molar-refractivity contribution in [2.75, 3.05) is 6.54 Å². The van der Waals surface area contributed by atoms with Gasteiger partial charge in [-0.05, 0) is 37.7 Å². The molecular formula is C13H15FN2S. The van der Waals surface area contributed by atoms with Gasteiger partial charge >= 0.3 is 0 Å². The van der Waals surface area contributed by atoms with Crippen molar-refractivity contribution in [3.63, 3.8) is 0 Å². The Bertz CT molecular complexity index is 478. The smallest absolute Gasteiger partial charge is 0.123 e. The van der Waals surface area contributed by atoms with Crippen molar-refractivity contribution >= 4 is 11.3 Å². The van der Waals surface area contributed by atoms with Crippen LogP contribution in [-0.4, -0.2) is 11.5 Å². The number of hydrogen-bond donors (Lipinski definition) is 1. The fourth-order valence-electron chi connectivity index (χ4n) is 1.62. The lowest BCUT2D eigenvalue weighted by Crippen LogP contribution is -2.17. The van der Waals surface area contributed by atoms with E-state index in [2.05, 4.69) is 24.1 Å². The monoisotopic (exact) mass is 250 g/mol. The lowest BCUT2D eigenvalue weighted by atomic mass is 10.2. The summed E-state index contributed by atoms with van der Waals surface area (Å²) < 4.78 is 12.8. The minimum atomic E-state index is -0.216. The molecule has 2 rings (SSSR count). The number of rotatable bonds is 4. The van der Waals surface area contributed by atoms with Gasteiger partial charge < -0.3 is 5.32 Å². The van der Waals surface area contributed by atoms with Crippen molar-refractivity contribution in [3.8, 4) is 10.6 Å². The van der Waals surface area contributed by atoms with Gasteiger partial charge in [0.05, 0.1) is 5.69 Å². The maximum absolute atomic E-state index is 12.8. The van der Waals surface area contributed by atoms with E-state index < -0.39 is 0 Å². The predicted octanol–water partition coefficient (Wildman–Crippen LogP) is 3.62. The Labute approximate surface area is 105 Å². The zero-order valence-electron chi connectivity index (χ0n) is 9.90. The molecule has 0 fully saturated rings. The maximum Gasteiger partial charge on any atom is 0.123 e. The van der Waals surface area contributed by atoms with Crippen molar-refractivity contribution in [1.29, 1.82) is 0 Å². The first-order chi connectivity index (χ1) is 8.20. The van der Waals surface area contributed by atoms with Crippen molar-refractivity contribution in [1.82, 2.24) is 10.3 Å². The van der Waals surface area contributed by atoms with E-state index in [4.69, 9.17) is 0 Å². The first-order valence-corrected chi connectivity index (χ1v) is 6.53. The second kappa shape index (κ2) is 5.38. The molecule has 2 aromatic rings. The number of aromatic nitrogens is 1. The average molecular weight is 250 g/mol. The summed E-state index contributed by atoms with van der Waals surface area (Å²) in [7, 11) is 0. The molecule has 0 radical (unpaired) electrons. The zero-order chi connectivity index (χ0) is 12.3. The fourth-order valence-corrected chi connectivity index (χ4v) is 2.54. The van der Waals surface area contributed by atoms with Crippen molar-refractivity contribution < 1.29 is 4.39 Å². The summed E-state index contributed by atoms with van der Waals surface area (Å²) in [6.07, 6.45) is 0. The average Bonchev–Trinajstić information content (AvgIpc) is 2.80. The van der Waals surface area contributed by atoms with E-state index in [0.29, 0.717) is 0 Å². The molecule has 1 atom stereocenters. The van der Waals surface area contributed by atoms with Crippen LogP contribution in [-0.2, 0) is 0 Å². The Balaban J connectivity index is 2.20. The standard InChI is InChI=1S/C13H15FN2S/c1-3-15-9(2)12-8-17-13(16-12)10-4-6-11(14)7-5-10/h4-9,15H,3H2,1-2H3. The van der Waals surface area contributed by atoms with Gasteiger partial charge in [0.15, 0.2) is 0 Å². The molecule has 0 aliphatic heterocycles. The van der Waals surface area contributed by atoms with Gasteiger partial charge in [-0.1, -0.05) is 6.92 Å². The molecular weight excluding hydrogens is 235 g/mol. The minimum Gasteiger partial charge on any atom is -0.309 e. The third-order valence-corrected chi connectivity index (χ3v) is 3.48. The Morgan fingerprint density at radius 1 is 1.35 bits per heavy atom. The highest BCUT2D eigenvalue weighted by molar-refractivity contribution is 7.13. The quantitative estimate of drug-likeness (QED) is 0.896. The van der Waals surface area contributed by atoms with E-state index in [9.17, 15) is 4.39 Å². The molecule has 0 bridgehead atoms. The molecule has 90 valence electrons. The van der Waals surface area contributed by atoms with Crippen LogP contribution in [0.25, 0.3) is 10.6 Å². The molecule has 0 spiro atoms. The summed E-state index contributed by atoms with van der Waals surface area (Å²) in [6, 6.07) is 6.70. The summed E-state index contributed by atoms with van der Waals surface area (Å²) in [5.74, 6) is -0.216. The molecule has 1 aromatic carbocycles. The number of halogens is 1. The van der Waals surface area contributed by atoms with Crippen LogP contribution in [0, 0.1) is 5.82 Å².